The van der Waals surface area contributed by atoms with Crippen LogP contribution in [-0.4, -0.2) is 18.3 Å². The van der Waals surface area contributed by atoms with Crippen molar-refractivity contribution in [2.24, 2.45) is 4.99 Å². The molecule has 0 bridgehead atoms. The Hall–Kier alpha value is -2.99. The van der Waals surface area contributed by atoms with E-state index in [-0.39, 0.29) is 5.82 Å². The highest BCUT2D eigenvalue weighted by atomic mass is 79.9. The molecule has 0 aliphatic carbocycles. The number of methoxy groups -OCH3 is 1. The van der Waals surface area contributed by atoms with Crippen LogP contribution < -0.4 is 4.74 Å². The molecule has 0 radical (unpaired) electrons. The van der Waals surface area contributed by atoms with Crippen molar-refractivity contribution in [3.05, 3.63) is 76.5 Å². The predicted octanol–water partition coefficient (Wildman–Crippen LogP) is 6.16. The molecule has 0 saturated carbocycles. The highest BCUT2D eigenvalue weighted by molar-refractivity contribution is 9.10. The SMILES string of the molecule is COc1ccc(C=Nc2ccc3oc(-c4cccc(F)c4)nc3c2)cc1Br. The van der Waals surface area contributed by atoms with Gasteiger partial charge in [0, 0.05) is 11.8 Å². The molecule has 0 atom stereocenters. The number of hydrogen-bond donors (Lipinski definition) is 0. The number of oxazole rings is 1. The second-order valence-electron chi connectivity index (χ2n) is 5.83. The van der Waals surface area contributed by atoms with Crippen LogP contribution in [0.15, 0.2) is 74.5 Å². The lowest BCUT2D eigenvalue weighted by Crippen LogP contribution is -1.86. The molecule has 4 nitrogen and oxygen atoms in total. The summed E-state index contributed by atoms with van der Waals surface area (Å²) in [5.74, 6) is 0.816. The van der Waals surface area contributed by atoms with Gasteiger partial charge in [-0.25, -0.2) is 9.37 Å². The maximum atomic E-state index is 13.4. The molecule has 0 saturated heterocycles. The van der Waals surface area contributed by atoms with Crippen LogP contribution in [0.1, 0.15) is 5.56 Å². The van der Waals surface area contributed by atoms with E-state index in [4.69, 9.17) is 9.15 Å². The molecule has 0 unspecified atom stereocenters. The number of aromatic nitrogens is 1. The normalized spacial score (nSPS) is 11.4. The van der Waals surface area contributed by atoms with Gasteiger partial charge in [-0.1, -0.05) is 6.07 Å². The summed E-state index contributed by atoms with van der Waals surface area (Å²) in [5.41, 5.74) is 3.57. The van der Waals surface area contributed by atoms with Crippen LogP contribution in [0.25, 0.3) is 22.6 Å². The molecule has 0 amide bonds. The van der Waals surface area contributed by atoms with Gasteiger partial charge >= 0.3 is 0 Å². The smallest absolute Gasteiger partial charge is 0.227 e. The highest BCUT2D eigenvalue weighted by Gasteiger charge is 2.09. The zero-order valence-corrected chi connectivity index (χ0v) is 15.9. The second kappa shape index (κ2) is 7.32. The lowest BCUT2D eigenvalue weighted by atomic mass is 10.2. The van der Waals surface area contributed by atoms with Gasteiger partial charge in [0.25, 0.3) is 0 Å². The molecular formula is C21H14BrFN2O2. The fourth-order valence-electron chi connectivity index (χ4n) is 2.65. The van der Waals surface area contributed by atoms with E-state index in [0.717, 1.165) is 21.5 Å². The van der Waals surface area contributed by atoms with Crippen molar-refractivity contribution in [2.75, 3.05) is 7.11 Å². The van der Waals surface area contributed by atoms with Gasteiger partial charge in [0.05, 0.1) is 17.3 Å². The van der Waals surface area contributed by atoms with Gasteiger partial charge in [-0.15, -0.1) is 0 Å². The van der Waals surface area contributed by atoms with Crippen LogP contribution in [0.4, 0.5) is 10.1 Å². The zero-order chi connectivity index (χ0) is 18.8. The number of fused-ring (bicyclic) bond motifs is 1. The van der Waals surface area contributed by atoms with E-state index in [0.29, 0.717) is 22.6 Å². The molecule has 4 rings (SSSR count). The van der Waals surface area contributed by atoms with Gasteiger partial charge in [0.15, 0.2) is 5.58 Å². The third kappa shape index (κ3) is 3.75. The average Bonchev–Trinajstić information content (AvgIpc) is 3.10. The van der Waals surface area contributed by atoms with Crippen LogP contribution in [-0.2, 0) is 0 Å². The Morgan fingerprint density at radius 2 is 2.00 bits per heavy atom. The van der Waals surface area contributed by atoms with E-state index in [9.17, 15) is 4.39 Å². The van der Waals surface area contributed by atoms with Crippen LogP contribution in [0, 0.1) is 5.82 Å². The zero-order valence-electron chi connectivity index (χ0n) is 14.3. The molecule has 0 aliphatic rings. The summed E-state index contributed by atoms with van der Waals surface area (Å²) in [7, 11) is 1.62. The molecule has 1 heterocycles. The highest BCUT2D eigenvalue weighted by Crippen LogP contribution is 2.28. The van der Waals surface area contributed by atoms with Crippen molar-refractivity contribution < 1.29 is 13.5 Å². The fourth-order valence-corrected chi connectivity index (χ4v) is 3.21. The first-order chi connectivity index (χ1) is 13.1. The van der Waals surface area contributed by atoms with Crippen LogP contribution >= 0.6 is 15.9 Å². The molecule has 3 aromatic carbocycles. The monoisotopic (exact) mass is 424 g/mol. The van der Waals surface area contributed by atoms with Crippen LogP contribution in [0.2, 0.25) is 0 Å². The van der Waals surface area contributed by atoms with Crippen molar-refractivity contribution in [3.8, 4) is 17.2 Å². The van der Waals surface area contributed by atoms with Crippen molar-refractivity contribution >= 4 is 38.9 Å². The summed E-state index contributed by atoms with van der Waals surface area (Å²) in [6, 6.07) is 17.4. The largest absolute Gasteiger partial charge is 0.496 e. The van der Waals surface area contributed by atoms with Gasteiger partial charge in [-0.05, 0) is 76.1 Å². The van der Waals surface area contributed by atoms with Crippen molar-refractivity contribution in [1.82, 2.24) is 4.98 Å². The van der Waals surface area contributed by atoms with E-state index in [2.05, 4.69) is 25.9 Å². The molecular weight excluding hydrogens is 411 g/mol. The average molecular weight is 425 g/mol. The number of nitrogens with zero attached hydrogens (tertiary/aromatic N) is 2. The van der Waals surface area contributed by atoms with Gasteiger partial charge in [-0.2, -0.15) is 0 Å². The Labute approximate surface area is 163 Å². The van der Waals surface area contributed by atoms with Crippen molar-refractivity contribution in [3.63, 3.8) is 0 Å². The fraction of sp³-hybridized carbons (Fsp3) is 0.0476. The standard InChI is InChI=1S/C21H14BrFN2O2/c1-26-19-7-5-13(9-17(19)22)12-24-16-6-8-20-18(11-16)25-21(27-20)14-3-2-4-15(23)10-14/h2-12H,1H3. The van der Waals surface area contributed by atoms with Gasteiger partial charge in [0.2, 0.25) is 5.89 Å². The Bertz CT molecular complexity index is 1150. The summed E-state index contributed by atoms with van der Waals surface area (Å²) >= 11 is 3.46. The Morgan fingerprint density at radius 1 is 1.11 bits per heavy atom. The quantitative estimate of drug-likeness (QED) is 0.368. The molecule has 0 fully saturated rings. The number of benzene rings is 3. The topological polar surface area (TPSA) is 47.6 Å². The second-order valence-corrected chi connectivity index (χ2v) is 6.69. The first kappa shape index (κ1) is 17.4. The summed E-state index contributed by atoms with van der Waals surface area (Å²) < 4.78 is 25.2. The van der Waals surface area contributed by atoms with Gasteiger partial charge in [-0.3, -0.25) is 4.99 Å². The predicted molar refractivity (Wildman–Crippen MR) is 107 cm³/mol. The van der Waals surface area contributed by atoms with Crippen molar-refractivity contribution in [2.45, 2.75) is 0 Å². The van der Waals surface area contributed by atoms with Gasteiger partial charge in [0.1, 0.15) is 17.1 Å². The van der Waals surface area contributed by atoms with Crippen LogP contribution in [0.3, 0.4) is 0 Å². The minimum absolute atomic E-state index is 0.328. The summed E-state index contributed by atoms with van der Waals surface area (Å²) in [6.45, 7) is 0. The summed E-state index contributed by atoms with van der Waals surface area (Å²) in [5, 5.41) is 0. The molecule has 27 heavy (non-hydrogen) atoms. The van der Waals surface area contributed by atoms with E-state index >= 15 is 0 Å². The Kier molecular flexibility index (Phi) is 4.73. The first-order valence-electron chi connectivity index (χ1n) is 8.16. The third-order valence-corrected chi connectivity index (χ3v) is 4.60. The number of aliphatic imine (C=N–C) groups is 1. The maximum Gasteiger partial charge on any atom is 0.227 e. The molecule has 0 N–H and O–H groups in total. The molecule has 1 aromatic heterocycles. The molecule has 134 valence electrons. The molecule has 0 spiro atoms. The van der Waals surface area contributed by atoms with Gasteiger partial charge < -0.3 is 9.15 Å². The molecule has 6 heteroatoms. The van der Waals surface area contributed by atoms with E-state index in [1.165, 1.54) is 12.1 Å². The number of hydrogen-bond acceptors (Lipinski definition) is 4. The molecule has 4 aromatic rings. The number of rotatable bonds is 4. The van der Waals surface area contributed by atoms with Crippen molar-refractivity contribution in [1.29, 1.82) is 0 Å². The Morgan fingerprint density at radius 3 is 2.78 bits per heavy atom. The first-order valence-corrected chi connectivity index (χ1v) is 8.96. The molecule has 0 aliphatic heterocycles. The summed E-state index contributed by atoms with van der Waals surface area (Å²) in [4.78, 5) is 8.94. The maximum absolute atomic E-state index is 13.4. The van der Waals surface area contributed by atoms with E-state index in [1.807, 2.05) is 36.4 Å². The minimum Gasteiger partial charge on any atom is -0.496 e. The minimum atomic E-state index is -0.328. The lowest BCUT2D eigenvalue weighted by molar-refractivity contribution is 0.412. The summed E-state index contributed by atoms with van der Waals surface area (Å²) in [6.07, 6.45) is 1.76. The number of ether oxygens (including phenoxy) is 1. The van der Waals surface area contributed by atoms with E-state index in [1.54, 1.807) is 25.5 Å². The van der Waals surface area contributed by atoms with E-state index < -0.39 is 0 Å². The lowest BCUT2D eigenvalue weighted by Gasteiger charge is -2.03. The Balaban J connectivity index is 1.62. The van der Waals surface area contributed by atoms with Crippen LogP contribution in [0.5, 0.6) is 5.75 Å². The third-order valence-electron chi connectivity index (χ3n) is 3.98. The number of halogens is 2.